The molecule has 1 heterocycles. The Balaban J connectivity index is 1.65. The van der Waals surface area contributed by atoms with E-state index in [1.54, 1.807) is 0 Å². The highest BCUT2D eigenvalue weighted by molar-refractivity contribution is 6.21. The Morgan fingerprint density at radius 1 is 1.04 bits per heavy atom. The molecule has 0 aliphatic carbocycles. The van der Waals surface area contributed by atoms with Crippen molar-refractivity contribution in [3.63, 3.8) is 0 Å². The van der Waals surface area contributed by atoms with Gasteiger partial charge in [-0.15, -0.1) is 0 Å². The van der Waals surface area contributed by atoms with Crippen LogP contribution in [-0.4, -0.2) is 29.3 Å². The van der Waals surface area contributed by atoms with Gasteiger partial charge in [-0.25, -0.2) is 8.78 Å². The molecule has 0 bridgehead atoms. The number of fused-ring (bicyclic) bond motifs is 1. The number of halogens is 2. The molecule has 0 radical (unpaired) electrons. The smallest absolute Gasteiger partial charge is 0.283 e. The lowest BCUT2D eigenvalue weighted by molar-refractivity contribution is -0.126. The maximum Gasteiger partial charge on any atom is 0.283 e. The van der Waals surface area contributed by atoms with E-state index in [4.69, 9.17) is 4.74 Å². The zero-order chi connectivity index (χ0) is 17.3. The average Bonchev–Trinajstić information content (AvgIpc) is 2.80. The number of carbonyl (C=O) groups is 3. The van der Waals surface area contributed by atoms with Crippen molar-refractivity contribution in [1.82, 2.24) is 10.4 Å². The molecule has 1 aliphatic heterocycles. The van der Waals surface area contributed by atoms with Crippen LogP contribution in [0.3, 0.4) is 0 Å². The molecule has 0 saturated carbocycles. The van der Waals surface area contributed by atoms with Crippen LogP contribution in [0.15, 0.2) is 42.5 Å². The molecule has 2 aromatic rings. The SMILES string of the molecule is O=C(COc1ccc(F)cc1)NN1C(=O)c2cccc(F)c2C1=O. The molecular weight excluding hydrogens is 322 g/mol. The summed E-state index contributed by atoms with van der Waals surface area (Å²) in [5.74, 6) is -3.65. The van der Waals surface area contributed by atoms with E-state index in [1.165, 1.54) is 24.3 Å². The highest BCUT2D eigenvalue weighted by atomic mass is 19.1. The summed E-state index contributed by atoms with van der Waals surface area (Å²) in [6, 6.07) is 8.58. The first-order valence-corrected chi connectivity index (χ1v) is 6.82. The van der Waals surface area contributed by atoms with Gasteiger partial charge in [-0.1, -0.05) is 6.07 Å². The van der Waals surface area contributed by atoms with Crippen LogP contribution in [0.25, 0.3) is 0 Å². The maximum atomic E-state index is 13.7. The van der Waals surface area contributed by atoms with Gasteiger partial charge in [0.2, 0.25) is 0 Å². The number of nitrogens with zero attached hydrogens (tertiary/aromatic N) is 1. The molecule has 0 atom stereocenters. The lowest BCUT2D eigenvalue weighted by Gasteiger charge is -2.15. The highest BCUT2D eigenvalue weighted by Crippen LogP contribution is 2.23. The zero-order valence-corrected chi connectivity index (χ0v) is 12.1. The minimum Gasteiger partial charge on any atom is -0.484 e. The number of rotatable bonds is 4. The van der Waals surface area contributed by atoms with Crippen molar-refractivity contribution in [2.75, 3.05) is 6.61 Å². The molecular formula is C16H10F2N2O4. The van der Waals surface area contributed by atoms with Gasteiger partial charge in [-0.2, -0.15) is 5.01 Å². The Morgan fingerprint density at radius 2 is 1.75 bits per heavy atom. The largest absolute Gasteiger partial charge is 0.484 e. The van der Waals surface area contributed by atoms with E-state index < -0.39 is 36.0 Å². The summed E-state index contributed by atoms with van der Waals surface area (Å²) >= 11 is 0. The van der Waals surface area contributed by atoms with E-state index in [0.29, 0.717) is 5.01 Å². The van der Waals surface area contributed by atoms with Crippen molar-refractivity contribution in [2.45, 2.75) is 0 Å². The van der Waals surface area contributed by atoms with Gasteiger partial charge in [-0.05, 0) is 36.4 Å². The van der Waals surface area contributed by atoms with Crippen LogP contribution in [0.5, 0.6) is 5.75 Å². The summed E-state index contributed by atoms with van der Waals surface area (Å²) in [4.78, 5) is 35.9. The van der Waals surface area contributed by atoms with Crippen LogP contribution >= 0.6 is 0 Å². The van der Waals surface area contributed by atoms with Crippen LogP contribution in [-0.2, 0) is 4.79 Å². The van der Waals surface area contributed by atoms with Gasteiger partial charge < -0.3 is 4.74 Å². The van der Waals surface area contributed by atoms with Crippen LogP contribution in [0.2, 0.25) is 0 Å². The van der Waals surface area contributed by atoms with Crippen molar-refractivity contribution in [2.24, 2.45) is 0 Å². The fraction of sp³-hybridized carbons (Fsp3) is 0.0625. The minimum atomic E-state index is -0.955. The predicted octanol–water partition coefficient (Wildman–Crippen LogP) is 1.67. The van der Waals surface area contributed by atoms with Crippen molar-refractivity contribution in [3.05, 3.63) is 65.2 Å². The lowest BCUT2D eigenvalue weighted by Crippen LogP contribution is -2.47. The topological polar surface area (TPSA) is 75.7 Å². The molecule has 0 fully saturated rings. The summed E-state index contributed by atoms with van der Waals surface area (Å²) in [6.07, 6.45) is 0. The van der Waals surface area contributed by atoms with Gasteiger partial charge in [0.05, 0.1) is 11.1 Å². The summed E-state index contributed by atoms with van der Waals surface area (Å²) < 4.78 is 31.5. The first kappa shape index (κ1) is 15.6. The monoisotopic (exact) mass is 332 g/mol. The standard InChI is InChI=1S/C16H10F2N2O4/c17-9-4-6-10(7-5-9)24-8-13(21)19-20-15(22)11-2-1-3-12(18)14(11)16(20)23/h1-7H,8H2,(H,19,21). The quantitative estimate of drug-likeness (QED) is 0.864. The number of carbonyl (C=O) groups excluding carboxylic acids is 3. The number of benzene rings is 2. The molecule has 0 spiro atoms. The number of hydrogen-bond acceptors (Lipinski definition) is 4. The Kier molecular flexibility index (Phi) is 3.95. The van der Waals surface area contributed by atoms with Crippen molar-refractivity contribution < 1.29 is 27.9 Å². The van der Waals surface area contributed by atoms with Crippen LogP contribution < -0.4 is 10.2 Å². The van der Waals surface area contributed by atoms with Crippen molar-refractivity contribution >= 4 is 17.7 Å². The molecule has 8 heteroatoms. The first-order chi connectivity index (χ1) is 11.5. The number of amides is 3. The Morgan fingerprint density at radius 3 is 2.42 bits per heavy atom. The van der Waals surface area contributed by atoms with Crippen molar-refractivity contribution in [1.29, 1.82) is 0 Å². The fourth-order valence-electron chi connectivity index (χ4n) is 2.18. The van der Waals surface area contributed by atoms with E-state index >= 15 is 0 Å². The van der Waals surface area contributed by atoms with Crippen molar-refractivity contribution in [3.8, 4) is 5.75 Å². The van der Waals surface area contributed by atoms with Crippen LogP contribution in [0.4, 0.5) is 8.78 Å². The second-order valence-electron chi connectivity index (χ2n) is 4.89. The molecule has 24 heavy (non-hydrogen) atoms. The zero-order valence-electron chi connectivity index (χ0n) is 12.1. The van der Waals surface area contributed by atoms with E-state index in [1.807, 2.05) is 0 Å². The number of ether oxygens (including phenoxy) is 1. The maximum absolute atomic E-state index is 13.7. The highest BCUT2D eigenvalue weighted by Gasteiger charge is 2.39. The van der Waals surface area contributed by atoms with E-state index in [9.17, 15) is 23.2 Å². The Bertz CT molecular complexity index is 836. The van der Waals surface area contributed by atoms with E-state index in [2.05, 4.69) is 5.43 Å². The second kappa shape index (κ2) is 6.07. The molecule has 2 aromatic carbocycles. The second-order valence-corrected chi connectivity index (χ2v) is 4.89. The predicted molar refractivity (Wildman–Crippen MR) is 76.9 cm³/mol. The normalized spacial score (nSPS) is 13.0. The molecule has 6 nitrogen and oxygen atoms in total. The summed E-state index contributed by atoms with van der Waals surface area (Å²) in [6.45, 7) is -0.512. The molecule has 0 aromatic heterocycles. The van der Waals surface area contributed by atoms with Gasteiger partial charge >= 0.3 is 0 Å². The third-order valence-corrected chi connectivity index (χ3v) is 3.28. The molecule has 1 N–H and O–H groups in total. The molecule has 3 rings (SSSR count). The number of nitrogens with one attached hydrogen (secondary N) is 1. The minimum absolute atomic E-state index is 0.125. The summed E-state index contributed by atoms with van der Waals surface area (Å²) in [5.41, 5.74) is 1.55. The average molecular weight is 332 g/mol. The number of imide groups is 1. The first-order valence-electron chi connectivity index (χ1n) is 6.82. The van der Waals surface area contributed by atoms with Crippen LogP contribution in [0.1, 0.15) is 20.7 Å². The number of hydrogen-bond donors (Lipinski definition) is 1. The summed E-state index contributed by atoms with van der Waals surface area (Å²) in [5, 5.41) is 0.435. The van der Waals surface area contributed by atoms with Gasteiger partial charge in [-0.3, -0.25) is 19.8 Å². The molecule has 122 valence electrons. The van der Waals surface area contributed by atoms with Gasteiger partial charge in [0, 0.05) is 0 Å². The Hall–Kier alpha value is -3.29. The van der Waals surface area contributed by atoms with Gasteiger partial charge in [0.25, 0.3) is 17.7 Å². The third-order valence-electron chi connectivity index (χ3n) is 3.28. The number of hydrazine groups is 1. The lowest BCUT2D eigenvalue weighted by atomic mass is 10.1. The molecule has 0 saturated heterocycles. The van der Waals surface area contributed by atoms with Crippen LogP contribution in [0, 0.1) is 11.6 Å². The van der Waals surface area contributed by atoms with Gasteiger partial charge in [0.15, 0.2) is 6.61 Å². The molecule has 0 unspecified atom stereocenters. The third kappa shape index (κ3) is 2.81. The van der Waals surface area contributed by atoms with Gasteiger partial charge in [0.1, 0.15) is 17.4 Å². The molecule has 1 aliphatic rings. The van der Waals surface area contributed by atoms with E-state index in [0.717, 1.165) is 18.2 Å². The fourth-order valence-corrected chi connectivity index (χ4v) is 2.18. The molecule has 3 amide bonds. The Labute approximate surface area is 134 Å². The van der Waals surface area contributed by atoms with E-state index in [-0.39, 0.29) is 16.9 Å². The summed E-state index contributed by atoms with van der Waals surface area (Å²) in [7, 11) is 0.